The number of hydrogen-bond donors (Lipinski definition) is 1. The molecule has 1 aromatic heterocycles. The Morgan fingerprint density at radius 1 is 0.706 bits per heavy atom. The first-order chi connectivity index (χ1) is 8.24. The lowest BCUT2D eigenvalue weighted by atomic mass is 10.9. The van der Waals surface area contributed by atoms with Crippen LogP contribution in [0.4, 0.5) is 0 Å². The number of hydrogen-bond acceptors (Lipinski definition) is 7. The van der Waals surface area contributed by atoms with E-state index in [2.05, 4.69) is 9.97 Å². The molecule has 0 bridgehead atoms. The van der Waals surface area contributed by atoms with Gasteiger partial charge in [-0.2, -0.15) is 0 Å². The molecule has 92 valence electrons. The molecule has 0 aliphatic heterocycles. The van der Waals surface area contributed by atoms with Crippen molar-refractivity contribution in [2.45, 2.75) is 0 Å². The third kappa shape index (κ3) is 61.0. The first-order valence-corrected chi connectivity index (χ1v) is 3.84. The molecule has 0 amide bonds. The van der Waals surface area contributed by atoms with Gasteiger partial charge in [-0.15, -0.1) is 0 Å². The maximum Gasteiger partial charge on any atom is 0.182 e. The number of carbonyl (C=O) groups excluding carboxylic acids is 6. The third-order valence-corrected chi connectivity index (χ3v) is 0.573. The van der Waals surface area contributed by atoms with Crippen LogP contribution in [0, 0.1) is 0 Å². The number of aldehydes is 6. The fourth-order valence-electron chi connectivity index (χ4n) is 0.215. The lowest BCUT2D eigenvalue weighted by Crippen LogP contribution is -1.62. The lowest BCUT2D eigenvalue weighted by molar-refractivity contribution is -0.122. The smallest absolute Gasteiger partial charge is 0.182 e. The van der Waals surface area contributed by atoms with Gasteiger partial charge in [-0.25, -0.2) is 4.98 Å². The van der Waals surface area contributed by atoms with Crippen LogP contribution in [0.1, 0.15) is 0 Å². The number of aromatic nitrogens is 2. The number of nitrogens with zero attached hydrogens (tertiary/aromatic N) is 1. The fourth-order valence-corrected chi connectivity index (χ4v) is 0.215. The van der Waals surface area contributed by atoms with Crippen molar-refractivity contribution in [2.24, 2.45) is 0 Å². The number of imidazole rings is 1. The molecule has 0 saturated carbocycles. The second-order valence-corrected chi connectivity index (χ2v) is 1.58. The van der Waals surface area contributed by atoms with Gasteiger partial charge in [0, 0.05) is 12.4 Å². The van der Waals surface area contributed by atoms with Crippen LogP contribution in [-0.4, -0.2) is 47.7 Å². The third-order valence-electron chi connectivity index (χ3n) is 0.573. The summed E-state index contributed by atoms with van der Waals surface area (Å²) in [5.41, 5.74) is 0. The number of nitrogens with one attached hydrogen (secondary N) is 1. The quantitative estimate of drug-likeness (QED) is 0.507. The SMILES string of the molecule is O=CC=O.O=CC=O.O=CC=O.c1c[nH]cn1. The van der Waals surface area contributed by atoms with E-state index in [1.807, 2.05) is 0 Å². The van der Waals surface area contributed by atoms with Crippen molar-refractivity contribution < 1.29 is 28.8 Å². The van der Waals surface area contributed by atoms with E-state index in [9.17, 15) is 0 Å². The molecule has 0 fully saturated rings. The normalized spacial score (nSPS) is 5.88. The summed E-state index contributed by atoms with van der Waals surface area (Å²) in [5, 5.41) is 0. The zero-order valence-electron chi connectivity index (χ0n) is 8.59. The van der Waals surface area contributed by atoms with Crippen LogP contribution in [0.25, 0.3) is 0 Å². The summed E-state index contributed by atoms with van der Waals surface area (Å²) >= 11 is 0. The van der Waals surface area contributed by atoms with Gasteiger partial charge in [0.25, 0.3) is 0 Å². The van der Waals surface area contributed by atoms with E-state index >= 15 is 0 Å². The summed E-state index contributed by atoms with van der Waals surface area (Å²) in [6, 6.07) is 0. The van der Waals surface area contributed by atoms with Gasteiger partial charge in [-0.05, 0) is 0 Å². The van der Waals surface area contributed by atoms with Crippen molar-refractivity contribution >= 4 is 37.7 Å². The minimum atomic E-state index is 0.194. The molecule has 0 unspecified atom stereocenters. The van der Waals surface area contributed by atoms with Crippen LogP contribution in [0.2, 0.25) is 0 Å². The van der Waals surface area contributed by atoms with E-state index in [4.69, 9.17) is 28.8 Å². The molecule has 1 heterocycles. The predicted octanol–water partition coefficient (Wildman–Crippen LogP) is -1.44. The summed E-state index contributed by atoms with van der Waals surface area (Å²) in [4.78, 5) is 59.2. The highest BCUT2D eigenvalue weighted by molar-refractivity contribution is 6.09. The van der Waals surface area contributed by atoms with Gasteiger partial charge in [0.05, 0.1) is 6.33 Å². The molecule has 17 heavy (non-hydrogen) atoms. The van der Waals surface area contributed by atoms with Crippen LogP contribution >= 0.6 is 0 Å². The molecular weight excluding hydrogens is 232 g/mol. The second kappa shape index (κ2) is 29.2. The molecule has 0 aliphatic carbocycles. The standard InChI is InChI=1S/C3H4N2.3C2H2O2/c1-2-5-3-4-1;3*3-1-2-4/h1-3H,(H,4,5);3*1-2H. The molecular formula is C9H10N2O6. The molecule has 8 nitrogen and oxygen atoms in total. The Balaban J connectivity index is -0.000000155. The topological polar surface area (TPSA) is 131 Å². The Bertz CT molecular complexity index is 233. The summed E-state index contributed by atoms with van der Waals surface area (Å²) < 4.78 is 0. The Hall–Kier alpha value is -2.77. The molecule has 1 N–H and O–H groups in total. The average Bonchev–Trinajstić information content (AvgIpc) is 2.98. The monoisotopic (exact) mass is 242 g/mol. The van der Waals surface area contributed by atoms with Crippen molar-refractivity contribution in [3.63, 3.8) is 0 Å². The van der Waals surface area contributed by atoms with E-state index in [0.717, 1.165) is 0 Å². The van der Waals surface area contributed by atoms with Crippen LogP contribution in [0.15, 0.2) is 18.7 Å². The number of aromatic amines is 1. The van der Waals surface area contributed by atoms with E-state index < -0.39 is 0 Å². The first-order valence-electron chi connectivity index (χ1n) is 3.84. The molecule has 0 spiro atoms. The zero-order chi connectivity index (χ0) is 13.8. The highest BCUT2D eigenvalue weighted by atomic mass is 16.2. The maximum absolute atomic E-state index is 8.81. The van der Waals surface area contributed by atoms with Gasteiger partial charge < -0.3 is 4.98 Å². The van der Waals surface area contributed by atoms with E-state index in [-0.39, 0.29) is 37.7 Å². The molecule has 1 aromatic rings. The summed E-state index contributed by atoms with van der Waals surface area (Å²) in [5.74, 6) is 0. The number of carbonyl (C=O) groups is 6. The molecule has 0 atom stereocenters. The number of rotatable bonds is 3. The summed E-state index contributed by atoms with van der Waals surface area (Å²) in [6.07, 6.45) is 6.25. The van der Waals surface area contributed by atoms with Gasteiger partial charge in [0.15, 0.2) is 37.7 Å². The van der Waals surface area contributed by atoms with Crippen LogP contribution < -0.4 is 0 Å². The van der Waals surface area contributed by atoms with Crippen LogP contribution in [0.3, 0.4) is 0 Å². The summed E-state index contributed by atoms with van der Waals surface area (Å²) in [6.45, 7) is 0. The fraction of sp³-hybridized carbons (Fsp3) is 0. The van der Waals surface area contributed by atoms with E-state index in [0.29, 0.717) is 0 Å². The molecule has 8 heteroatoms. The van der Waals surface area contributed by atoms with Gasteiger partial charge in [-0.3, -0.25) is 28.8 Å². The Labute approximate surface area is 96.0 Å². The first kappa shape index (κ1) is 19.7. The second-order valence-electron chi connectivity index (χ2n) is 1.58. The Morgan fingerprint density at radius 2 is 1.06 bits per heavy atom. The van der Waals surface area contributed by atoms with Crippen molar-refractivity contribution in [1.82, 2.24) is 9.97 Å². The van der Waals surface area contributed by atoms with Crippen molar-refractivity contribution in [3.05, 3.63) is 18.7 Å². The average molecular weight is 242 g/mol. The van der Waals surface area contributed by atoms with Gasteiger partial charge in [-0.1, -0.05) is 0 Å². The maximum atomic E-state index is 8.81. The largest absolute Gasteiger partial charge is 0.351 e. The van der Waals surface area contributed by atoms with Crippen LogP contribution in [0.5, 0.6) is 0 Å². The van der Waals surface area contributed by atoms with Gasteiger partial charge in [0.2, 0.25) is 0 Å². The zero-order valence-corrected chi connectivity index (χ0v) is 8.59. The van der Waals surface area contributed by atoms with Crippen LogP contribution in [-0.2, 0) is 28.8 Å². The minimum absolute atomic E-state index is 0.194. The van der Waals surface area contributed by atoms with Gasteiger partial charge in [0.1, 0.15) is 0 Å². The van der Waals surface area contributed by atoms with E-state index in [1.54, 1.807) is 18.7 Å². The summed E-state index contributed by atoms with van der Waals surface area (Å²) in [7, 11) is 0. The van der Waals surface area contributed by atoms with Gasteiger partial charge >= 0.3 is 0 Å². The van der Waals surface area contributed by atoms with Crippen molar-refractivity contribution in [1.29, 1.82) is 0 Å². The lowest BCUT2D eigenvalue weighted by Gasteiger charge is -1.46. The number of H-pyrrole nitrogens is 1. The molecule has 0 radical (unpaired) electrons. The molecule has 1 rings (SSSR count). The molecule has 0 aromatic carbocycles. The van der Waals surface area contributed by atoms with E-state index in [1.165, 1.54) is 0 Å². The predicted molar refractivity (Wildman–Crippen MR) is 55.0 cm³/mol. The van der Waals surface area contributed by atoms with Crippen molar-refractivity contribution in [3.8, 4) is 0 Å². The highest BCUT2D eigenvalue weighted by Crippen LogP contribution is 1.62. The molecule has 0 saturated heterocycles. The highest BCUT2D eigenvalue weighted by Gasteiger charge is 1.56. The minimum Gasteiger partial charge on any atom is -0.351 e. The van der Waals surface area contributed by atoms with Crippen molar-refractivity contribution in [2.75, 3.05) is 0 Å². The Kier molecular flexibility index (Phi) is 33.9. The Morgan fingerprint density at radius 3 is 1.12 bits per heavy atom. The molecule has 0 aliphatic rings.